The molecule has 1 aliphatic rings. The fourth-order valence-corrected chi connectivity index (χ4v) is 4.84. The molecule has 1 heterocycles. The van der Waals surface area contributed by atoms with Crippen LogP contribution in [0.15, 0.2) is 47.4 Å². The largest absolute Gasteiger partial charge is 0.490 e. The van der Waals surface area contributed by atoms with Crippen molar-refractivity contribution in [2.75, 3.05) is 42.3 Å². The predicted molar refractivity (Wildman–Crippen MR) is 144 cm³/mol. The Morgan fingerprint density at radius 3 is 2.18 bits per heavy atom. The third-order valence-electron chi connectivity index (χ3n) is 5.61. The van der Waals surface area contributed by atoms with Gasteiger partial charge in [-0.05, 0) is 54.7 Å². The van der Waals surface area contributed by atoms with E-state index >= 15 is 0 Å². The molecule has 2 aromatic carbocycles. The molecule has 0 saturated carbocycles. The Labute approximate surface area is 226 Å². The molecular formula is C26H35F3N4O5S. The molecule has 0 bridgehead atoms. The van der Waals surface area contributed by atoms with Crippen LogP contribution < -0.4 is 20.3 Å². The zero-order chi connectivity index (χ0) is 29.2. The number of carbonyl (C=O) groups is 2. The summed E-state index contributed by atoms with van der Waals surface area (Å²) in [7, 11) is -3.76. The molecule has 2 aromatic rings. The molecule has 0 radical (unpaired) electrons. The van der Waals surface area contributed by atoms with Crippen molar-refractivity contribution in [3.05, 3.63) is 53.6 Å². The molecule has 0 spiro atoms. The van der Waals surface area contributed by atoms with Crippen LogP contribution in [0.25, 0.3) is 0 Å². The number of rotatable bonds is 9. The Kier molecular flexibility index (Phi) is 11.6. The maximum atomic E-state index is 12.9. The van der Waals surface area contributed by atoms with Crippen molar-refractivity contribution in [3.63, 3.8) is 0 Å². The lowest BCUT2D eigenvalue weighted by Gasteiger charge is -2.31. The first kappa shape index (κ1) is 31.9. The molecule has 13 heteroatoms. The van der Waals surface area contributed by atoms with E-state index in [-0.39, 0.29) is 10.8 Å². The van der Waals surface area contributed by atoms with E-state index in [9.17, 15) is 26.4 Å². The summed E-state index contributed by atoms with van der Waals surface area (Å²) in [5.41, 5.74) is 2.78. The maximum absolute atomic E-state index is 12.9. The van der Waals surface area contributed by atoms with Gasteiger partial charge in [0.05, 0.1) is 10.5 Å². The number of benzene rings is 2. The number of nitrogens with one attached hydrogen (secondary N) is 3. The first-order valence-corrected chi connectivity index (χ1v) is 14.0. The second-order valence-corrected chi connectivity index (χ2v) is 11.1. The monoisotopic (exact) mass is 572 g/mol. The molecule has 1 amide bonds. The molecule has 4 N–H and O–H groups in total. The molecule has 0 aromatic heterocycles. The summed E-state index contributed by atoms with van der Waals surface area (Å²) in [5.74, 6) is -2.45. The van der Waals surface area contributed by atoms with E-state index in [1.165, 1.54) is 0 Å². The third kappa shape index (κ3) is 10.1. The summed E-state index contributed by atoms with van der Waals surface area (Å²) in [6, 6.07) is 12.1. The smallest absolute Gasteiger partial charge is 0.475 e. The zero-order valence-corrected chi connectivity index (χ0v) is 23.0. The SMILES string of the molecule is CCCNC(=O)c1cc(NS(=O)(=O)c2ccc(CC(C)C)cc2)ccc1N1CCNCC1.O=C(O)C(F)(F)F. The van der Waals surface area contributed by atoms with Crippen molar-refractivity contribution < 1.29 is 36.3 Å². The number of piperazine rings is 1. The van der Waals surface area contributed by atoms with Crippen LogP contribution in [0.1, 0.15) is 43.1 Å². The molecular weight excluding hydrogens is 537 g/mol. The van der Waals surface area contributed by atoms with Gasteiger partial charge < -0.3 is 20.6 Å². The molecule has 1 saturated heterocycles. The second-order valence-electron chi connectivity index (χ2n) is 9.38. The van der Waals surface area contributed by atoms with Crippen molar-refractivity contribution in [1.29, 1.82) is 0 Å². The van der Waals surface area contributed by atoms with Crippen LogP contribution in [-0.2, 0) is 21.2 Å². The van der Waals surface area contributed by atoms with E-state index in [4.69, 9.17) is 9.90 Å². The van der Waals surface area contributed by atoms with Gasteiger partial charge in [-0.25, -0.2) is 13.2 Å². The zero-order valence-electron chi connectivity index (χ0n) is 22.1. The van der Waals surface area contributed by atoms with Gasteiger partial charge in [-0.15, -0.1) is 0 Å². The lowest BCUT2D eigenvalue weighted by atomic mass is 10.0. The number of carboxylic acids is 1. The van der Waals surface area contributed by atoms with E-state index in [2.05, 4.69) is 34.1 Å². The van der Waals surface area contributed by atoms with Crippen LogP contribution in [0.5, 0.6) is 0 Å². The van der Waals surface area contributed by atoms with E-state index in [0.717, 1.165) is 50.3 Å². The van der Waals surface area contributed by atoms with Gasteiger partial charge in [-0.3, -0.25) is 9.52 Å². The van der Waals surface area contributed by atoms with Gasteiger partial charge in [0, 0.05) is 44.1 Å². The van der Waals surface area contributed by atoms with Gasteiger partial charge in [0.15, 0.2) is 0 Å². The highest BCUT2D eigenvalue weighted by molar-refractivity contribution is 7.92. The van der Waals surface area contributed by atoms with Crippen LogP contribution in [0.3, 0.4) is 0 Å². The van der Waals surface area contributed by atoms with Crippen LogP contribution >= 0.6 is 0 Å². The maximum Gasteiger partial charge on any atom is 0.490 e. The number of hydrogen-bond acceptors (Lipinski definition) is 6. The molecule has 216 valence electrons. The fraction of sp³-hybridized carbons (Fsp3) is 0.462. The Morgan fingerprint density at radius 2 is 1.67 bits per heavy atom. The van der Waals surface area contributed by atoms with E-state index < -0.39 is 22.2 Å². The van der Waals surface area contributed by atoms with Gasteiger partial charge >= 0.3 is 12.1 Å². The molecule has 0 aliphatic carbocycles. The van der Waals surface area contributed by atoms with Crippen LogP contribution in [0.2, 0.25) is 0 Å². The quantitative estimate of drug-likeness (QED) is 0.359. The molecule has 3 rings (SSSR count). The molecule has 1 fully saturated rings. The second kappa shape index (κ2) is 14.2. The number of aliphatic carboxylic acids is 1. The highest BCUT2D eigenvalue weighted by Crippen LogP contribution is 2.27. The molecule has 0 unspecified atom stereocenters. The summed E-state index contributed by atoms with van der Waals surface area (Å²) in [6.45, 7) is 10.1. The molecule has 1 aliphatic heterocycles. The minimum atomic E-state index is -5.08. The van der Waals surface area contributed by atoms with Crippen LogP contribution in [0.4, 0.5) is 24.5 Å². The van der Waals surface area contributed by atoms with E-state index in [1.54, 1.807) is 24.3 Å². The van der Waals surface area contributed by atoms with Crippen molar-refractivity contribution >= 4 is 33.3 Å². The van der Waals surface area contributed by atoms with Crippen LogP contribution in [-0.4, -0.2) is 64.3 Å². The molecule has 39 heavy (non-hydrogen) atoms. The average molecular weight is 573 g/mol. The number of alkyl halides is 3. The molecule has 9 nitrogen and oxygen atoms in total. The summed E-state index contributed by atoms with van der Waals surface area (Å²) >= 11 is 0. The van der Waals surface area contributed by atoms with Gasteiger partial charge in [0.2, 0.25) is 0 Å². The van der Waals surface area contributed by atoms with E-state index in [0.29, 0.717) is 23.7 Å². The minimum Gasteiger partial charge on any atom is -0.475 e. The third-order valence-corrected chi connectivity index (χ3v) is 7.00. The number of carboxylic acid groups (broad SMARTS) is 1. The number of anilines is 2. The van der Waals surface area contributed by atoms with Crippen molar-refractivity contribution in [1.82, 2.24) is 10.6 Å². The summed E-state index contributed by atoms with van der Waals surface area (Å²) < 4.78 is 60.3. The number of sulfonamides is 1. The topological polar surface area (TPSA) is 128 Å². The normalized spacial score (nSPS) is 13.9. The number of carbonyl (C=O) groups excluding carboxylic acids is 1. The van der Waals surface area contributed by atoms with Gasteiger partial charge in [-0.2, -0.15) is 13.2 Å². The van der Waals surface area contributed by atoms with Gasteiger partial charge in [-0.1, -0.05) is 32.9 Å². The van der Waals surface area contributed by atoms with Gasteiger partial charge in [0.1, 0.15) is 0 Å². The fourth-order valence-electron chi connectivity index (χ4n) is 3.79. The van der Waals surface area contributed by atoms with Crippen molar-refractivity contribution in [2.24, 2.45) is 5.92 Å². The first-order valence-electron chi connectivity index (χ1n) is 12.5. The number of amides is 1. The molecule has 0 atom stereocenters. The van der Waals surface area contributed by atoms with Crippen molar-refractivity contribution in [2.45, 2.75) is 44.7 Å². The Hall–Kier alpha value is -3.32. The van der Waals surface area contributed by atoms with Gasteiger partial charge in [0.25, 0.3) is 15.9 Å². The lowest BCUT2D eigenvalue weighted by Crippen LogP contribution is -2.44. The summed E-state index contributed by atoms with van der Waals surface area (Å²) in [5, 5.41) is 13.3. The van der Waals surface area contributed by atoms with Crippen LogP contribution in [0, 0.1) is 5.92 Å². The Morgan fingerprint density at radius 1 is 1.08 bits per heavy atom. The Balaban J connectivity index is 0.000000673. The highest BCUT2D eigenvalue weighted by atomic mass is 32.2. The van der Waals surface area contributed by atoms with E-state index in [1.807, 2.05) is 25.1 Å². The standard InChI is InChI=1S/C24H34N4O3S.C2HF3O2/c1-4-11-26-24(29)22-17-20(7-10-23(22)28-14-12-25-13-15-28)27-32(30,31)21-8-5-19(6-9-21)16-18(2)3;3-2(4,5)1(6)7/h5-10,17-18,25,27H,4,11-16H2,1-3H3,(H,26,29);(H,6,7). The summed E-state index contributed by atoms with van der Waals surface area (Å²) in [4.78, 5) is 24.1. The highest BCUT2D eigenvalue weighted by Gasteiger charge is 2.38. The first-order chi connectivity index (χ1) is 18.2. The number of halogens is 3. The average Bonchev–Trinajstić information content (AvgIpc) is 2.87. The summed E-state index contributed by atoms with van der Waals surface area (Å²) in [6.07, 6.45) is -3.36. The lowest BCUT2D eigenvalue weighted by molar-refractivity contribution is -0.192. The number of hydrogen-bond donors (Lipinski definition) is 4. The minimum absolute atomic E-state index is 0.195. The van der Waals surface area contributed by atoms with Crippen molar-refractivity contribution in [3.8, 4) is 0 Å². The predicted octanol–water partition coefficient (Wildman–Crippen LogP) is 3.87. The number of nitrogens with zero attached hydrogens (tertiary/aromatic N) is 1. The Bertz CT molecular complexity index is 1210.